The molecule has 148 valence electrons. The normalized spacial score (nSPS) is 10.6. The number of unbranched alkanes of at least 4 members (excludes halogenated alkanes) is 6. The summed E-state index contributed by atoms with van der Waals surface area (Å²) in [5, 5.41) is 8.25. The van der Waals surface area contributed by atoms with Crippen LogP contribution in [0.5, 0.6) is 0 Å². The fourth-order valence-electron chi connectivity index (χ4n) is 2.74. The minimum atomic E-state index is 0.162. The predicted octanol–water partition coefficient (Wildman–Crippen LogP) is 0.437. The van der Waals surface area contributed by atoms with Crippen LogP contribution in [0.25, 0.3) is 0 Å². The van der Waals surface area contributed by atoms with Gasteiger partial charge < -0.3 is 32.1 Å². The zero-order chi connectivity index (χ0) is 19.2. The molecule has 0 atom stereocenters. The van der Waals surface area contributed by atoms with Crippen LogP contribution in [-0.4, -0.2) is 34.1 Å². The van der Waals surface area contributed by atoms with Crippen LogP contribution in [0.1, 0.15) is 51.4 Å². The summed E-state index contributed by atoms with van der Waals surface area (Å²) in [4.78, 5) is 7.95. The summed E-state index contributed by atoms with van der Waals surface area (Å²) in [5.74, 6) is 0.323. The first-order valence-electron chi connectivity index (χ1n) is 9.41. The minimum absolute atomic E-state index is 0.162. The highest BCUT2D eigenvalue weighted by atomic mass is 15.2. The molecule has 1 aromatic rings. The van der Waals surface area contributed by atoms with Gasteiger partial charge in [-0.05, 0) is 25.7 Å². The fourth-order valence-corrected chi connectivity index (χ4v) is 2.74. The van der Waals surface area contributed by atoms with Crippen molar-refractivity contribution in [3.63, 3.8) is 0 Å². The molecule has 0 aliphatic heterocycles. The third-order valence-corrected chi connectivity index (χ3v) is 4.17. The summed E-state index contributed by atoms with van der Waals surface area (Å²) in [5.41, 5.74) is 21.7. The number of imidazole rings is 1. The lowest BCUT2D eigenvalue weighted by atomic mass is 10.2. The Morgan fingerprint density at radius 1 is 0.692 bits per heavy atom. The Bertz CT molecular complexity index is 553. The van der Waals surface area contributed by atoms with Crippen LogP contribution in [0.3, 0.4) is 0 Å². The lowest BCUT2D eigenvalue weighted by molar-refractivity contribution is 0.516. The van der Waals surface area contributed by atoms with Crippen LogP contribution < -0.4 is 28.6 Å². The lowest BCUT2D eigenvalue weighted by Gasteiger charge is -2.05. The van der Waals surface area contributed by atoms with Crippen LogP contribution in [-0.2, 0) is 13.1 Å². The summed E-state index contributed by atoms with van der Waals surface area (Å²) < 4.78 is 4.02. The van der Waals surface area contributed by atoms with E-state index in [-0.39, 0.29) is 11.9 Å². The predicted molar refractivity (Wildman–Crippen MR) is 107 cm³/mol. The first kappa shape index (κ1) is 21.6. The van der Waals surface area contributed by atoms with Crippen LogP contribution in [0, 0.1) is 5.41 Å². The van der Waals surface area contributed by atoms with Gasteiger partial charge in [-0.1, -0.05) is 25.7 Å². The van der Waals surface area contributed by atoms with Gasteiger partial charge >= 0.3 is 0 Å². The molecule has 0 saturated heterocycles. The SMILES string of the molecule is N=c1n(CCCCCCN=C(N)N)ccn1CCCCCCN=C(N)N. The van der Waals surface area contributed by atoms with E-state index in [1.807, 2.05) is 21.5 Å². The van der Waals surface area contributed by atoms with Crippen LogP contribution in [0.2, 0.25) is 0 Å². The number of rotatable bonds is 14. The number of nitrogens with one attached hydrogen (secondary N) is 1. The molecule has 0 bridgehead atoms. The largest absolute Gasteiger partial charge is 0.370 e. The Balaban J connectivity index is 2.15. The molecule has 26 heavy (non-hydrogen) atoms. The van der Waals surface area contributed by atoms with Crippen molar-refractivity contribution in [2.75, 3.05) is 13.1 Å². The van der Waals surface area contributed by atoms with E-state index in [0.717, 1.165) is 64.5 Å². The summed E-state index contributed by atoms with van der Waals surface area (Å²) >= 11 is 0. The van der Waals surface area contributed by atoms with Crippen molar-refractivity contribution >= 4 is 11.9 Å². The Morgan fingerprint density at radius 3 is 1.46 bits per heavy atom. The number of hydrogen-bond donors (Lipinski definition) is 5. The van der Waals surface area contributed by atoms with Crippen LogP contribution in [0.4, 0.5) is 0 Å². The second-order valence-electron chi connectivity index (χ2n) is 6.45. The molecule has 9 nitrogen and oxygen atoms in total. The molecule has 9 N–H and O–H groups in total. The minimum Gasteiger partial charge on any atom is -0.370 e. The van der Waals surface area contributed by atoms with Gasteiger partial charge in [0.25, 0.3) is 0 Å². The van der Waals surface area contributed by atoms with Gasteiger partial charge in [0.15, 0.2) is 11.9 Å². The lowest BCUT2D eigenvalue weighted by Crippen LogP contribution is -2.24. The highest BCUT2D eigenvalue weighted by Crippen LogP contribution is 2.04. The number of aryl methyl sites for hydroxylation is 2. The summed E-state index contributed by atoms with van der Waals surface area (Å²) in [6.45, 7) is 3.16. The van der Waals surface area contributed by atoms with Gasteiger partial charge in [0.1, 0.15) is 0 Å². The molecule has 1 aromatic heterocycles. The average molecular weight is 366 g/mol. The topological polar surface area (TPSA) is 163 Å². The van der Waals surface area contributed by atoms with E-state index in [1.165, 1.54) is 0 Å². The Kier molecular flexibility index (Phi) is 10.7. The second-order valence-corrected chi connectivity index (χ2v) is 6.45. The van der Waals surface area contributed by atoms with Gasteiger partial charge in [-0.2, -0.15) is 0 Å². The third kappa shape index (κ3) is 9.75. The van der Waals surface area contributed by atoms with E-state index < -0.39 is 0 Å². The Morgan fingerprint density at radius 2 is 1.08 bits per heavy atom. The van der Waals surface area contributed by atoms with Crippen molar-refractivity contribution in [1.82, 2.24) is 9.13 Å². The number of nitrogens with zero attached hydrogens (tertiary/aromatic N) is 4. The zero-order valence-corrected chi connectivity index (χ0v) is 15.7. The molecule has 0 aliphatic rings. The number of aliphatic imine (C=N–C) groups is 2. The number of guanidine groups is 2. The Hall–Kier alpha value is -2.45. The summed E-state index contributed by atoms with van der Waals surface area (Å²) in [6, 6.07) is 0. The quantitative estimate of drug-likeness (QED) is 0.184. The van der Waals surface area contributed by atoms with Crippen molar-refractivity contribution in [3.8, 4) is 0 Å². The molecule has 1 rings (SSSR count). The van der Waals surface area contributed by atoms with Crippen molar-refractivity contribution in [2.45, 2.75) is 64.5 Å². The van der Waals surface area contributed by atoms with Gasteiger partial charge in [0.05, 0.1) is 0 Å². The highest BCUT2D eigenvalue weighted by Gasteiger charge is 2.00. The molecule has 0 aliphatic carbocycles. The molecular formula is C17H35N9. The smallest absolute Gasteiger partial charge is 0.202 e. The summed E-state index contributed by atoms with van der Waals surface area (Å²) in [7, 11) is 0. The van der Waals surface area contributed by atoms with Crippen molar-refractivity contribution in [3.05, 3.63) is 18.0 Å². The van der Waals surface area contributed by atoms with Crippen molar-refractivity contribution in [1.29, 1.82) is 5.41 Å². The molecule has 0 unspecified atom stereocenters. The molecule has 0 radical (unpaired) electrons. The van der Waals surface area contributed by atoms with Gasteiger partial charge in [-0.3, -0.25) is 15.4 Å². The van der Waals surface area contributed by atoms with Gasteiger partial charge in [0, 0.05) is 38.6 Å². The van der Waals surface area contributed by atoms with Gasteiger partial charge in [-0.25, -0.2) is 0 Å². The van der Waals surface area contributed by atoms with Crippen LogP contribution >= 0.6 is 0 Å². The first-order valence-corrected chi connectivity index (χ1v) is 9.41. The van der Waals surface area contributed by atoms with Crippen molar-refractivity contribution in [2.24, 2.45) is 32.9 Å². The highest BCUT2D eigenvalue weighted by molar-refractivity contribution is 5.75. The van der Waals surface area contributed by atoms with E-state index >= 15 is 0 Å². The zero-order valence-electron chi connectivity index (χ0n) is 15.7. The molecule has 0 saturated carbocycles. The second kappa shape index (κ2) is 12.8. The van der Waals surface area contributed by atoms with Gasteiger partial charge in [0.2, 0.25) is 5.62 Å². The number of nitrogens with two attached hydrogens (primary N) is 4. The van der Waals surface area contributed by atoms with Gasteiger partial charge in [-0.15, -0.1) is 0 Å². The molecule has 0 amide bonds. The standard InChI is InChI=1S/C17H35N9/c18-15(19)23-9-5-1-3-7-11-25-13-14-26(17(25)22)12-8-4-2-6-10-24-16(20)21/h13-14,22H,1-12H2,(H4,18,19,23)(H4,20,21,24). The molecule has 0 spiro atoms. The van der Waals surface area contributed by atoms with E-state index in [4.69, 9.17) is 28.3 Å². The van der Waals surface area contributed by atoms with E-state index in [2.05, 4.69) is 9.98 Å². The maximum absolute atomic E-state index is 8.25. The number of hydrogen-bond acceptors (Lipinski definition) is 3. The fraction of sp³-hybridized carbons (Fsp3) is 0.706. The monoisotopic (exact) mass is 365 g/mol. The average Bonchev–Trinajstić information content (AvgIpc) is 2.93. The van der Waals surface area contributed by atoms with E-state index in [0.29, 0.717) is 18.7 Å². The summed E-state index contributed by atoms with van der Waals surface area (Å²) in [6.07, 6.45) is 12.6. The van der Waals surface area contributed by atoms with Crippen LogP contribution in [0.15, 0.2) is 22.4 Å². The molecule has 1 heterocycles. The van der Waals surface area contributed by atoms with Crippen molar-refractivity contribution < 1.29 is 0 Å². The maximum atomic E-state index is 8.25. The molecular weight excluding hydrogens is 330 g/mol. The Labute approximate surface area is 155 Å². The number of aromatic nitrogens is 2. The molecule has 0 fully saturated rings. The maximum Gasteiger partial charge on any atom is 0.202 e. The third-order valence-electron chi connectivity index (χ3n) is 4.17. The first-order chi connectivity index (χ1) is 12.5. The molecule has 9 heteroatoms. The van der Waals surface area contributed by atoms with E-state index in [1.54, 1.807) is 0 Å². The molecule has 0 aromatic carbocycles. The van der Waals surface area contributed by atoms with E-state index in [9.17, 15) is 0 Å².